The quantitative estimate of drug-likeness (QED) is 0.814. The summed E-state index contributed by atoms with van der Waals surface area (Å²) in [5.41, 5.74) is -1.52. The molecule has 0 saturated heterocycles. The van der Waals surface area contributed by atoms with Gasteiger partial charge in [0.15, 0.2) is 0 Å². The monoisotopic (exact) mass is 256 g/mol. The van der Waals surface area contributed by atoms with Crippen LogP contribution in [0.15, 0.2) is 18.3 Å². The van der Waals surface area contributed by atoms with Crippen LogP contribution in [0.2, 0.25) is 5.15 Å². The van der Waals surface area contributed by atoms with E-state index in [2.05, 4.69) is 10.3 Å². The van der Waals surface area contributed by atoms with Crippen LogP contribution in [0.1, 0.15) is 38.1 Å². The third-order valence-electron chi connectivity index (χ3n) is 2.96. The number of hydrogen-bond acceptors (Lipinski definition) is 3. The van der Waals surface area contributed by atoms with Crippen molar-refractivity contribution in [1.29, 1.82) is 0 Å². The van der Waals surface area contributed by atoms with Crippen LogP contribution >= 0.6 is 11.6 Å². The lowest BCUT2D eigenvalue weighted by molar-refractivity contribution is -0.00293. The van der Waals surface area contributed by atoms with Crippen LogP contribution < -0.4 is 5.32 Å². The number of carbonyl (C=O) groups excluding carboxylic acids is 1. The summed E-state index contributed by atoms with van der Waals surface area (Å²) in [4.78, 5) is 15.8. The second-order valence-electron chi connectivity index (χ2n) is 4.98. The zero-order chi connectivity index (χ0) is 13.3. The Kier molecular flexibility index (Phi) is 3.79. The number of halogens is 1. The number of rotatable bonds is 3. The molecule has 1 aromatic rings. The van der Waals surface area contributed by atoms with Gasteiger partial charge in [0.25, 0.3) is 5.91 Å². The molecule has 1 aromatic heterocycles. The van der Waals surface area contributed by atoms with Crippen molar-refractivity contribution in [3.63, 3.8) is 0 Å². The lowest BCUT2D eigenvalue weighted by atomic mass is 9.86. The lowest BCUT2D eigenvalue weighted by Gasteiger charge is -2.38. The third kappa shape index (κ3) is 3.17. The highest BCUT2D eigenvalue weighted by Gasteiger charge is 2.36. The minimum Gasteiger partial charge on any atom is -0.388 e. The Bertz CT molecular complexity index is 425. The smallest absolute Gasteiger partial charge is 0.254 e. The number of hydrogen-bond donors (Lipinski definition) is 2. The molecule has 0 aromatic carbocycles. The van der Waals surface area contributed by atoms with Crippen LogP contribution in [0.3, 0.4) is 0 Å². The molecule has 0 aliphatic heterocycles. The standard InChI is InChI=1S/C12H17ClN2O2/c1-11(2,12(3,4)17)15-10(16)8-6-5-7-14-9(8)13/h5-7,17H,1-4H3,(H,15,16). The molecule has 0 spiro atoms. The molecule has 1 rings (SSSR count). The first-order chi connectivity index (χ1) is 7.65. The van der Waals surface area contributed by atoms with Gasteiger partial charge in [0, 0.05) is 6.20 Å². The summed E-state index contributed by atoms with van der Waals surface area (Å²) in [5.74, 6) is -0.352. The second kappa shape index (κ2) is 4.63. The molecule has 0 unspecified atom stereocenters. The number of nitrogens with zero attached hydrogens (tertiary/aromatic N) is 1. The van der Waals surface area contributed by atoms with E-state index in [1.54, 1.807) is 39.8 Å². The van der Waals surface area contributed by atoms with Gasteiger partial charge in [-0.1, -0.05) is 11.6 Å². The van der Waals surface area contributed by atoms with E-state index in [1.807, 2.05) is 0 Å². The van der Waals surface area contributed by atoms with Crippen molar-refractivity contribution in [2.75, 3.05) is 0 Å². The van der Waals surface area contributed by atoms with Gasteiger partial charge in [-0.25, -0.2) is 4.98 Å². The highest BCUT2D eigenvalue weighted by atomic mass is 35.5. The molecule has 0 fully saturated rings. The van der Waals surface area contributed by atoms with E-state index < -0.39 is 11.1 Å². The Morgan fingerprint density at radius 1 is 1.41 bits per heavy atom. The number of aliphatic hydroxyl groups is 1. The zero-order valence-corrected chi connectivity index (χ0v) is 11.2. The Hall–Kier alpha value is -1.13. The lowest BCUT2D eigenvalue weighted by Crippen LogP contribution is -2.57. The molecule has 0 saturated carbocycles. The van der Waals surface area contributed by atoms with Gasteiger partial charge in [0.1, 0.15) is 5.15 Å². The van der Waals surface area contributed by atoms with E-state index in [-0.39, 0.29) is 11.1 Å². The molecule has 0 radical (unpaired) electrons. The molecule has 1 amide bonds. The van der Waals surface area contributed by atoms with Gasteiger partial charge in [0.2, 0.25) is 0 Å². The van der Waals surface area contributed by atoms with Crippen molar-refractivity contribution >= 4 is 17.5 Å². The molecular formula is C12H17ClN2O2. The first-order valence-corrected chi connectivity index (χ1v) is 5.68. The summed E-state index contributed by atoms with van der Waals surface area (Å²) in [7, 11) is 0. The molecule has 0 aliphatic rings. The van der Waals surface area contributed by atoms with Gasteiger partial charge in [0.05, 0.1) is 16.7 Å². The van der Waals surface area contributed by atoms with Crippen LogP contribution in [0, 0.1) is 0 Å². The first kappa shape index (κ1) is 13.9. The van der Waals surface area contributed by atoms with E-state index in [9.17, 15) is 9.90 Å². The molecule has 5 heteroatoms. The van der Waals surface area contributed by atoms with Crippen molar-refractivity contribution in [2.24, 2.45) is 0 Å². The van der Waals surface area contributed by atoms with Crippen molar-refractivity contribution in [3.05, 3.63) is 29.0 Å². The van der Waals surface area contributed by atoms with Crippen molar-refractivity contribution in [1.82, 2.24) is 10.3 Å². The normalized spacial score (nSPS) is 12.4. The topological polar surface area (TPSA) is 62.2 Å². The Morgan fingerprint density at radius 2 is 2.00 bits per heavy atom. The summed E-state index contributed by atoms with van der Waals surface area (Å²) >= 11 is 5.83. The third-order valence-corrected chi connectivity index (χ3v) is 3.26. The summed E-state index contributed by atoms with van der Waals surface area (Å²) in [6.45, 7) is 6.76. The second-order valence-corrected chi connectivity index (χ2v) is 5.34. The fraction of sp³-hybridized carbons (Fsp3) is 0.500. The van der Waals surface area contributed by atoms with E-state index in [1.165, 1.54) is 6.20 Å². The molecule has 0 bridgehead atoms. The SMILES string of the molecule is CC(C)(O)C(C)(C)NC(=O)c1cccnc1Cl. The van der Waals surface area contributed by atoms with Crippen molar-refractivity contribution in [3.8, 4) is 0 Å². The molecule has 2 N–H and O–H groups in total. The minimum absolute atomic E-state index is 0.150. The Morgan fingerprint density at radius 3 is 2.47 bits per heavy atom. The van der Waals surface area contributed by atoms with Gasteiger partial charge < -0.3 is 10.4 Å². The van der Waals surface area contributed by atoms with Gasteiger partial charge in [-0.2, -0.15) is 0 Å². The summed E-state index contributed by atoms with van der Waals surface area (Å²) < 4.78 is 0. The number of carbonyl (C=O) groups is 1. The first-order valence-electron chi connectivity index (χ1n) is 5.30. The summed E-state index contributed by atoms with van der Waals surface area (Å²) in [6, 6.07) is 3.23. The van der Waals surface area contributed by atoms with Crippen LogP contribution in [-0.4, -0.2) is 27.1 Å². The van der Waals surface area contributed by atoms with Crippen LogP contribution in [0.5, 0.6) is 0 Å². The van der Waals surface area contributed by atoms with Gasteiger partial charge in [-0.3, -0.25) is 4.79 Å². The maximum Gasteiger partial charge on any atom is 0.254 e. The van der Waals surface area contributed by atoms with Gasteiger partial charge in [-0.15, -0.1) is 0 Å². The largest absolute Gasteiger partial charge is 0.388 e. The number of aromatic nitrogens is 1. The molecule has 1 heterocycles. The highest BCUT2D eigenvalue weighted by Crippen LogP contribution is 2.22. The molecule has 4 nitrogen and oxygen atoms in total. The highest BCUT2D eigenvalue weighted by molar-refractivity contribution is 6.32. The fourth-order valence-corrected chi connectivity index (χ4v) is 1.26. The molecule has 0 aliphatic carbocycles. The van der Waals surface area contributed by atoms with Crippen molar-refractivity contribution in [2.45, 2.75) is 38.8 Å². The molecule has 0 atom stereocenters. The average Bonchev–Trinajstić information content (AvgIpc) is 2.15. The van der Waals surface area contributed by atoms with Gasteiger partial charge in [-0.05, 0) is 39.8 Å². The van der Waals surface area contributed by atoms with Crippen LogP contribution in [0.4, 0.5) is 0 Å². The minimum atomic E-state index is -1.04. The maximum absolute atomic E-state index is 12.0. The Labute approximate surface area is 106 Å². The van der Waals surface area contributed by atoms with E-state index in [4.69, 9.17) is 11.6 Å². The zero-order valence-electron chi connectivity index (χ0n) is 10.4. The number of amides is 1. The predicted molar refractivity (Wildman–Crippen MR) is 67.1 cm³/mol. The van der Waals surface area contributed by atoms with Crippen LogP contribution in [-0.2, 0) is 0 Å². The van der Waals surface area contributed by atoms with E-state index in [0.717, 1.165) is 0 Å². The molecule has 94 valence electrons. The fourth-order valence-electron chi connectivity index (χ4n) is 1.06. The Balaban J connectivity index is 2.92. The van der Waals surface area contributed by atoms with Crippen LogP contribution in [0.25, 0.3) is 0 Å². The maximum atomic E-state index is 12.0. The van der Waals surface area contributed by atoms with E-state index >= 15 is 0 Å². The number of nitrogens with one attached hydrogen (secondary N) is 1. The van der Waals surface area contributed by atoms with Crippen molar-refractivity contribution < 1.29 is 9.90 Å². The summed E-state index contributed by atoms with van der Waals surface area (Å²) in [6.07, 6.45) is 1.51. The predicted octanol–water partition coefficient (Wildman–Crippen LogP) is 2.01. The molecule has 17 heavy (non-hydrogen) atoms. The average molecular weight is 257 g/mol. The number of pyridine rings is 1. The summed E-state index contributed by atoms with van der Waals surface area (Å²) in [5, 5.41) is 12.8. The van der Waals surface area contributed by atoms with Gasteiger partial charge >= 0.3 is 0 Å². The van der Waals surface area contributed by atoms with E-state index in [0.29, 0.717) is 5.56 Å². The molecular weight excluding hydrogens is 240 g/mol.